The molecule has 1 heterocycles. The van der Waals surface area contributed by atoms with E-state index in [1.807, 2.05) is 6.92 Å². The predicted molar refractivity (Wildman–Crippen MR) is 98.9 cm³/mol. The second-order valence-electron chi connectivity index (χ2n) is 6.86. The number of halogens is 9. The number of rotatable bonds is 7. The summed E-state index contributed by atoms with van der Waals surface area (Å²) in [6, 6.07) is 0.973. The van der Waals surface area contributed by atoms with Gasteiger partial charge in [0, 0.05) is 24.5 Å². The van der Waals surface area contributed by atoms with E-state index in [9.17, 15) is 39.5 Å². The van der Waals surface area contributed by atoms with Crippen LogP contribution < -0.4 is 9.47 Å². The van der Waals surface area contributed by atoms with Gasteiger partial charge in [0.25, 0.3) is 0 Å². The molecule has 0 saturated carbocycles. The van der Waals surface area contributed by atoms with Crippen molar-refractivity contribution in [2.45, 2.75) is 32.2 Å². The number of ether oxygens (including phenoxy) is 2. The van der Waals surface area contributed by atoms with Crippen LogP contribution in [0.1, 0.15) is 24.7 Å². The lowest BCUT2D eigenvalue weighted by Crippen LogP contribution is -2.25. The van der Waals surface area contributed by atoms with Crippen molar-refractivity contribution < 1.29 is 49.0 Å². The maximum absolute atomic E-state index is 14.5. The van der Waals surface area contributed by atoms with Gasteiger partial charge in [-0.25, -0.2) is 27.5 Å². The number of alkyl halides is 5. The molecule has 0 aliphatic heterocycles. The van der Waals surface area contributed by atoms with Crippen molar-refractivity contribution in [3.05, 3.63) is 71.3 Å². The van der Waals surface area contributed by atoms with Crippen molar-refractivity contribution in [2.75, 3.05) is 0 Å². The summed E-state index contributed by atoms with van der Waals surface area (Å²) in [5.74, 6) is -10.9. The van der Waals surface area contributed by atoms with Crippen LogP contribution in [0, 0.1) is 23.3 Å². The molecule has 0 atom stereocenters. The van der Waals surface area contributed by atoms with Crippen LogP contribution in [0.4, 0.5) is 39.5 Å². The zero-order chi connectivity index (χ0) is 25.3. The Balaban J connectivity index is 1.90. The monoisotopic (exact) mass is 496 g/mol. The first-order valence-electron chi connectivity index (χ1n) is 9.43. The molecule has 0 spiro atoms. The SMILES string of the molecule is CCCc1cnc(C(F)(F)Oc2cc(F)c(-c3cc(F)c(OC(F)(F)F)c(F)c3)c(F)c2)nc1. The number of aromatic nitrogens is 2. The van der Waals surface area contributed by atoms with Crippen LogP contribution in [0.3, 0.4) is 0 Å². The van der Waals surface area contributed by atoms with Crippen LogP contribution >= 0.6 is 0 Å². The highest BCUT2D eigenvalue weighted by Gasteiger charge is 2.39. The molecule has 0 N–H and O–H groups in total. The fourth-order valence-electron chi connectivity index (χ4n) is 2.92. The van der Waals surface area contributed by atoms with Crippen molar-refractivity contribution >= 4 is 0 Å². The molecule has 0 bridgehead atoms. The van der Waals surface area contributed by atoms with Gasteiger partial charge in [0.15, 0.2) is 11.6 Å². The van der Waals surface area contributed by atoms with Gasteiger partial charge in [-0.3, -0.25) is 0 Å². The van der Waals surface area contributed by atoms with E-state index in [0.717, 1.165) is 12.4 Å². The molecule has 0 aliphatic rings. The first-order chi connectivity index (χ1) is 15.8. The summed E-state index contributed by atoms with van der Waals surface area (Å²) in [7, 11) is 0. The van der Waals surface area contributed by atoms with Crippen molar-refractivity contribution in [1.82, 2.24) is 9.97 Å². The molecule has 0 fully saturated rings. The minimum absolute atomic E-state index is 0.187. The molecule has 0 amide bonds. The van der Waals surface area contributed by atoms with Crippen LogP contribution in [0.25, 0.3) is 11.1 Å². The number of aryl methyl sites for hydroxylation is 1. The number of hydrogen-bond donors (Lipinski definition) is 0. The molecule has 2 aromatic carbocycles. The molecular formula is C21H13F9N2O2. The van der Waals surface area contributed by atoms with E-state index in [1.165, 1.54) is 0 Å². The molecule has 0 aliphatic carbocycles. The van der Waals surface area contributed by atoms with E-state index >= 15 is 0 Å². The predicted octanol–water partition coefficient (Wildman–Crippen LogP) is 6.68. The lowest BCUT2D eigenvalue weighted by Gasteiger charge is -2.18. The van der Waals surface area contributed by atoms with E-state index in [-0.39, 0.29) is 12.1 Å². The second-order valence-corrected chi connectivity index (χ2v) is 6.86. The highest BCUT2D eigenvalue weighted by molar-refractivity contribution is 5.67. The Morgan fingerprint density at radius 2 is 1.29 bits per heavy atom. The number of nitrogens with zero attached hydrogens (tertiary/aromatic N) is 2. The Morgan fingerprint density at radius 3 is 1.76 bits per heavy atom. The third kappa shape index (κ3) is 5.69. The summed E-state index contributed by atoms with van der Waals surface area (Å²) in [5.41, 5.74) is -1.38. The van der Waals surface area contributed by atoms with E-state index in [4.69, 9.17) is 0 Å². The topological polar surface area (TPSA) is 44.2 Å². The van der Waals surface area contributed by atoms with Gasteiger partial charge in [-0.2, -0.15) is 8.78 Å². The zero-order valence-corrected chi connectivity index (χ0v) is 17.0. The quantitative estimate of drug-likeness (QED) is 0.343. The van der Waals surface area contributed by atoms with Gasteiger partial charge in [0.05, 0.1) is 5.56 Å². The van der Waals surface area contributed by atoms with Gasteiger partial charge in [0.1, 0.15) is 17.4 Å². The first-order valence-corrected chi connectivity index (χ1v) is 9.43. The maximum Gasteiger partial charge on any atom is 0.573 e. The van der Waals surface area contributed by atoms with Crippen molar-refractivity contribution in [3.63, 3.8) is 0 Å². The highest BCUT2D eigenvalue weighted by Crippen LogP contribution is 2.37. The Kier molecular flexibility index (Phi) is 6.94. The standard InChI is InChI=1S/C21H13F9N2O2/c1-2-3-10-8-31-19(32-9-10)20(26,27)33-12-6-13(22)17(14(23)7-12)11-4-15(24)18(16(25)5-11)34-21(28,29)30/h4-9H,2-3H2,1H3. The Labute approximate surface area is 186 Å². The van der Waals surface area contributed by atoms with E-state index in [0.29, 0.717) is 30.5 Å². The molecule has 1 aromatic heterocycles. The Bertz CT molecular complexity index is 1140. The molecule has 3 rings (SSSR count). The molecule has 0 radical (unpaired) electrons. The fourth-order valence-corrected chi connectivity index (χ4v) is 2.92. The van der Waals surface area contributed by atoms with Gasteiger partial charge in [-0.1, -0.05) is 13.3 Å². The zero-order valence-electron chi connectivity index (χ0n) is 17.0. The van der Waals surface area contributed by atoms with Crippen LogP contribution in [0.2, 0.25) is 0 Å². The van der Waals surface area contributed by atoms with Crippen molar-refractivity contribution in [2.24, 2.45) is 0 Å². The van der Waals surface area contributed by atoms with Gasteiger partial charge in [-0.05, 0) is 29.7 Å². The average molecular weight is 496 g/mol. The van der Waals surface area contributed by atoms with Crippen LogP contribution in [0.5, 0.6) is 11.5 Å². The molecule has 182 valence electrons. The Morgan fingerprint density at radius 1 is 0.765 bits per heavy atom. The number of benzene rings is 2. The summed E-state index contributed by atoms with van der Waals surface area (Å²) in [6.07, 6.45) is -6.09. The maximum atomic E-state index is 14.5. The number of hydrogen-bond acceptors (Lipinski definition) is 4. The van der Waals surface area contributed by atoms with Gasteiger partial charge in [-0.15, -0.1) is 13.2 Å². The molecule has 4 nitrogen and oxygen atoms in total. The molecule has 3 aromatic rings. The minimum Gasteiger partial charge on any atom is -0.426 e. The summed E-state index contributed by atoms with van der Waals surface area (Å²) in [5, 5.41) is 0. The smallest absolute Gasteiger partial charge is 0.426 e. The summed E-state index contributed by atoms with van der Waals surface area (Å²) in [4.78, 5) is 6.96. The van der Waals surface area contributed by atoms with Crippen LogP contribution in [-0.4, -0.2) is 16.3 Å². The minimum atomic E-state index is -5.43. The van der Waals surface area contributed by atoms with Gasteiger partial charge >= 0.3 is 12.5 Å². The van der Waals surface area contributed by atoms with Crippen LogP contribution in [-0.2, 0) is 12.5 Å². The summed E-state index contributed by atoms with van der Waals surface area (Å²) < 4.78 is 130. The highest BCUT2D eigenvalue weighted by atomic mass is 19.4. The largest absolute Gasteiger partial charge is 0.573 e. The molecule has 0 unspecified atom stereocenters. The normalized spacial score (nSPS) is 12.1. The van der Waals surface area contributed by atoms with E-state index in [1.54, 1.807) is 0 Å². The molecule has 0 saturated heterocycles. The van der Waals surface area contributed by atoms with Crippen molar-refractivity contribution in [1.29, 1.82) is 0 Å². The van der Waals surface area contributed by atoms with Crippen molar-refractivity contribution in [3.8, 4) is 22.6 Å². The molecule has 13 heteroatoms. The first kappa shape index (κ1) is 25.1. The second kappa shape index (κ2) is 9.39. The van der Waals surface area contributed by atoms with Gasteiger partial charge in [0.2, 0.25) is 11.6 Å². The lowest BCUT2D eigenvalue weighted by molar-refractivity contribution is -0.276. The fraction of sp³-hybridized carbons (Fsp3) is 0.238. The third-order valence-corrected chi connectivity index (χ3v) is 4.27. The molecule has 34 heavy (non-hydrogen) atoms. The lowest BCUT2D eigenvalue weighted by atomic mass is 10.0. The van der Waals surface area contributed by atoms with Gasteiger partial charge < -0.3 is 9.47 Å². The van der Waals surface area contributed by atoms with E-state index < -0.39 is 64.2 Å². The third-order valence-electron chi connectivity index (χ3n) is 4.27. The summed E-state index contributed by atoms with van der Waals surface area (Å²) in [6.45, 7) is 1.85. The Hall–Kier alpha value is -3.51. The van der Waals surface area contributed by atoms with Crippen LogP contribution in [0.15, 0.2) is 36.7 Å². The molecular weight excluding hydrogens is 483 g/mol. The average Bonchev–Trinajstić information content (AvgIpc) is 2.70. The van der Waals surface area contributed by atoms with E-state index in [2.05, 4.69) is 19.4 Å². The summed E-state index contributed by atoms with van der Waals surface area (Å²) >= 11 is 0.